The monoisotopic (exact) mass is 236 g/mol. The van der Waals surface area contributed by atoms with E-state index in [1.807, 2.05) is 10.7 Å². The van der Waals surface area contributed by atoms with Gasteiger partial charge in [-0.25, -0.2) is 4.68 Å². The van der Waals surface area contributed by atoms with Gasteiger partial charge < -0.3 is 9.84 Å². The number of nitrogens with zero attached hydrogens (tertiary/aromatic N) is 2. The molecule has 1 aliphatic carbocycles. The Morgan fingerprint density at radius 2 is 2.41 bits per heavy atom. The molecule has 1 saturated heterocycles. The van der Waals surface area contributed by atoms with Crippen molar-refractivity contribution in [1.29, 1.82) is 0 Å². The molecule has 1 N–H and O–H groups in total. The van der Waals surface area contributed by atoms with Crippen molar-refractivity contribution in [3.8, 4) is 0 Å². The minimum Gasteiger partial charge on any atom is -0.481 e. The van der Waals surface area contributed by atoms with Crippen LogP contribution in [0.5, 0.6) is 0 Å². The lowest BCUT2D eigenvalue weighted by Gasteiger charge is -2.24. The molecular formula is C12H16N2O3. The van der Waals surface area contributed by atoms with Crippen LogP contribution in [0.2, 0.25) is 0 Å². The molecule has 92 valence electrons. The van der Waals surface area contributed by atoms with Crippen molar-refractivity contribution in [3.63, 3.8) is 0 Å². The first-order valence-electron chi connectivity index (χ1n) is 6.15. The Labute approximate surface area is 99.4 Å². The zero-order valence-electron chi connectivity index (χ0n) is 9.58. The van der Waals surface area contributed by atoms with Crippen molar-refractivity contribution in [2.24, 2.45) is 5.92 Å². The summed E-state index contributed by atoms with van der Waals surface area (Å²) in [6, 6.07) is 1.92. The molecule has 0 bridgehead atoms. The van der Waals surface area contributed by atoms with Crippen molar-refractivity contribution in [3.05, 3.63) is 18.0 Å². The molecule has 1 aromatic rings. The van der Waals surface area contributed by atoms with Crippen LogP contribution in [-0.4, -0.2) is 27.5 Å². The van der Waals surface area contributed by atoms with Crippen LogP contribution >= 0.6 is 0 Å². The summed E-state index contributed by atoms with van der Waals surface area (Å²) in [5, 5.41) is 13.3. The van der Waals surface area contributed by atoms with Crippen LogP contribution in [-0.2, 0) is 9.53 Å². The molecule has 3 rings (SSSR count). The Bertz CT molecular complexity index is 423. The first-order valence-corrected chi connectivity index (χ1v) is 6.15. The molecule has 0 radical (unpaired) electrons. The Kier molecular flexibility index (Phi) is 2.63. The van der Waals surface area contributed by atoms with Gasteiger partial charge in [0.1, 0.15) is 6.23 Å². The van der Waals surface area contributed by atoms with E-state index < -0.39 is 5.97 Å². The van der Waals surface area contributed by atoms with E-state index in [1.54, 1.807) is 6.20 Å². The van der Waals surface area contributed by atoms with Crippen LogP contribution in [0.1, 0.15) is 43.5 Å². The lowest BCUT2D eigenvalue weighted by atomic mass is 10.1. The molecule has 0 aromatic carbocycles. The van der Waals surface area contributed by atoms with Crippen LogP contribution in [0.25, 0.3) is 0 Å². The van der Waals surface area contributed by atoms with Crippen LogP contribution in [0.15, 0.2) is 12.3 Å². The largest absolute Gasteiger partial charge is 0.481 e. The molecule has 5 nitrogen and oxygen atoms in total. The normalized spacial score (nSPS) is 32.4. The Morgan fingerprint density at radius 1 is 1.53 bits per heavy atom. The summed E-state index contributed by atoms with van der Waals surface area (Å²) >= 11 is 0. The van der Waals surface area contributed by atoms with Crippen molar-refractivity contribution in [1.82, 2.24) is 9.78 Å². The number of carboxylic acids is 1. The average Bonchev–Trinajstić information content (AvgIpc) is 3.00. The molecule has 2 heterocycles. The number of carbonyl (C=O) groups is 1. The second-order valence-electron chi connectivity index (χ2n) is 4.81. The highest BCUT2D eigenvalue weighted by atomic mass is 16.5. The van der Waals surface area contributed by atoms with Gasteiger partial charge in [-0.05, 0) is 31.7 Å². The van der Waals surface area contributed by atoms with Gasteiger partial charge >= 0.3 is 5.97 Å². The van der Waals surface area contributed by atoms with E-state index in [1.165, 1.54) is 0 Å². The zero-order valence-corrected chi connectivity index (χ0v) is 9.58. The minimum atomic E-state index is -0.702. The molecule has 0 spiro atoms. The van der Waals surface area contributed by atoms with Crippen LogP contribution in [0.4, 0.5) is 0 Å². The van der Waals surface area contributed by atoms with Crippen LogP contribution in [0, 0.1) is 5.92 Å². The number of hydrogen-bond donors (Lipinski definition) is 1. The number of hydrogen-bond acceptors (Lipinski definition) is 3. The number of aliphatic carboxylic acids is 1. The van der Waals surface area contributed by atoms with Crippen molar-refractivity contribution in [2.45, 2.75) is 37.8 Å². The summed E-state index contributed by atoms with van der Waals surface area (Å²) < 4.78 is 7.57. The second-order valence-corrected chi connectivity index (χ2v) is 4.81. The molecule has 2 aliphatic rings. The number of carboxylic acid groups (broad SMARTS) is 1. The lowest BCUT2D eigenvalue weighted by molar-refractivity contribution is -0.138. The van der Waals surface area contributed by atoms with E-state index in [0.29, 0.717) is 0 Å². The summed E-state index contributed by atoms with van der Waals surface area (Å²) in [5.41, 5.74) is 1.02. The number of aromatic nitrogens is 2. The molecule has 0 amide bonds. The van der Waals surface area contributed by atoms with E-state index in [9.17, 15) is 4.79 Å². The Balaban J connectivity index is 1.78. The topological polar surface area (TPSA) is 64.3 Å². The van der Waals surface area contributed by atoms with E-state index in [0.717, 1.165) is 38.0 Å². The van der Waals surface area contributed by atoms with Crippen LogP contribution in [0.3, 0.4) is 0 Å². The first kappa shape index (κ1) is 10.8. The predicted octanol–water partition coefficient (Wildman–Crippen LogP) is 1.77. The molecule has 1 aromatic heterocycles. The van der Waals surface area contributed by atoms with E-state index in [4.69, 9.17) is 9.84 Å². The van der Waals surface area contributed by atoms with Gasteiger partial charge in [-0.3, -0.25) is 4.79 Å². The molecule has 2 fully saturated rings. The average molecular weight is 236 g/mol. The van der Waals surface area contributed by atoms with Gasteiger partial charge in [0.2, 0.25) is 0 Å². The van der Waals surface area contributed by atoms with Gasteiger partial charge in [-0.15, -0.1) is 0 Å². The van der Waals surface area contributed by atoms with Gasteiger partial charge in [0, 0.05) is 24.4 Å². The fourth-order valence-corrected chi connectivity index (χ4v) is 2.57. The maximum Gasteiger partial charge on any atom is 0.307 e. The molecular weight excluding hydrogens is 220 g/mol. The Morgan fingerprint density at radius 3 is 3.06 bits per heavy atom. The van der Waals surface area contributed by atoms with Crippen LogP contribution < -0.4 is 0 Å². The molecule has 17 heavy (non-hydrogen) atoms. The van der Waals surface area contributed by atoms with Gasteiger partial charge in [0.15, 0.2) is 0 Å². The molecule has 1 saturated carbocycles. The standard InChI is InChI=1S/C12H16N2O3/c15-12(16)9-7-8(9)10-4-5-13-14(10)11-3-1-2-6-17-11/h4-5,8-9,11H,1-3,6-7H2,(H,15,16). The van der Waals surface area contributed by atoms with E-state index in [-0.39, 0.29) is 18.1 Å². The smallest absolute Gasteiger partial charge is 0.307 e. The Hall–Kier alpha value is -1.36. The summed E-state index contributed by atoms with van der Waals surface area (Å²) in [5.74, 6) is -0.804. The SMILES string of the molecule is O=C(O)C1CC1c1ccnn1C1CCCCO1. The lowest BCUT2D eigenvalue weighted by Crippen LogP contribution is -2.21. The molecule has 3 unspecified atom stereocenters. The maximum absolute atomic E-state index is 10.9. The highest BCUT2D eigenvalue weighted by molar-refractivity contribution is 5.75. The second kappa shape index (κ2) is 4.14. The van der Waals surface area contributed by atoms with Crippen molar-refractivity contribution < 1.29 is 14.6 Å². The van der Waals surface area contributed by atoms with E-state index >= 15 is 0 Å². The third-order valence-electron chi connectivity index (χ3n) is 3.62. The predicted molar refractivity (Wildman–Crippen MR) is 59.6 cm³/mol. The molecule has 1 aliphatic heterocycles. The maximum atomic E-state index is 10.9. The minimum absolute atomic E-state index is 0.00351. The third kappa shape index (κ3) is 1.95. The highest BCUT2D eigenvalue weighted by Crippen LogP contribution is 2.48. The summed E-state index contributed by atoms with van der Waals surface area (Å²) in [7, 11) is 0. The highest BCUT2D eigenvalue weighted by Gasteiger charge is 2.46. The fraction of sp³-hybridized carbons (Fsp3) is 0.667. The third-order valence-corrected chi connectivity index (χ3v) is 3.62. The fourth-order valence-electron chi connectivity index (χ4n) is 2.57. The van der Waals surface area contributed by atoms with Gasteiger partial charge in [-0.2, -0.15) is 5.10 Å². The van der Waals surface area contributed by atoms with E-state index in [2.05, 4.69) is 5.10 Å². The summed E-state index contributed by atoms with van der Waals surface area (Å²) in [6.45, 7) is 0.775. The summed E-state index contributed by atoms with van der Waals surface area (Å²) in [6.07, 6.45) is 5.70. The summed E-state index contributed by atoms with van der Waals surface area (Å²) in [4.78, 5) is 10.9. The first-order chi connectivity index (χ1) is 8.27. The molecule has 3 atom stereocenters. The van der Waals surface area contributed by atoms with Gasteiger partial charge in [-0.1, -0.05) is 0 Å². The van der Waals surface area contributed by atoms with Gasteiger partial charge in [0.25, 0.3) is 0 Å². The van der Waals surface area contributed by atoms with Gasteiger partial charge in [0.05, 0.1) is 5.92 Å². The van der Waals surface area contributed by atoms with Crippen molar-refractivity contribution in [2.75, 3.05) is 6.61 Å². The number of ether oxygens (including phenoxy) is 1. The van der Waals surface area contributed by atoms with Crippen molar-refractivity contribution >= 4 is 5.97 Å². The molecule has 5 heteroatoms. The quantitative estimate of drug-likeness (QED) is 0.868. The number of rotatable bonds is 3. The zero-order chi connectivity index (χ0) is 11.8.